The number of benzene rings is 1. The fraction of sp³-hybridized carbons (Fsp3) is 0.650. The van der Waals surface area contributed by atoms with Crippen LogP contribution in [0.1, 0.15) is 63.0 Å². The summed E-state index contributed by atoms with van der Waals surface area (Å²) in [5.41, 5.74) is 4.15. The molecule has 0 amide bonds. The van der Waals surface area contributed by atoms with Gasteiger partial charge in [0.05, 0.1) is 0 Å². The van der Waals surface area contributed by atoms with Crippen LogP contribution < -0.4 is 0 Å². The van der Waals surface area contributed by atoms with Gasteiger partial charge in [-0.3, -0.25) is 0 Å². The largest absolute Gasteiger partial charge is 0.508 e. The molecule has 4 rings (SSSR count). The molecule has 2 heteroatoms. The second-order valence-corrected chi connectivity index (χ2v) is 8.16. The van der Waals surface area contributed by atoms with Gasteiger partial charge in [0.1, 0.15) is 5.75 Å². The van der Waals surface area contributed by atoms with Gasteiger partial charge in [0.2, 0.25) is 0 Å². The Bertz CT molecular complexity index is 622. The van der Waals surface area contributed by atoms with Crippen molar-refractivity contribution in [1.82, 2.24) is 0 Å². The van der Waals surface area contributed by atoms with Gasteiger partial charge < -0.3 is 10.5 Å². The van der Waals surface area contributed by atoms with Crippen molar-refractivity contribution in [2.45, 2.75) is 58.3 Å². The van der Waals surface area contributed by atoms with E-state index in [9.17, 15) is 5.11 Å². The van der Waals surface area contributed by atoms with E-state index in [1.54, 1.807) is 0 Å². The molecule has 2 fully saturated rings. The van der Waals surface area contributed by atoms with Gasteiger partial charge in [-0.2, -0.15) is 0 Å². The first-order chi connectivity index (χ1) is 10.5. The third-order valence-electron chi connectivity index (χ3n) is 7.23. The average molecular weight is 297 g/mol. The number of fused-ring (bicyclic) bond motifs is 5. The van der Waals surface area contributed by atoms with E-state index in [0.717, 1.165) is 24.0 Å². The van der Waals surface area contributed by atoms with Gasteiger partial charge in [-0.1, -0.05) is 13.0 Å². The molecule has 2 nitrogen and oxygen atoms in total. The van der Waals surface area contributed by atoms with Gasteiger partial charge in [-0.15, -0.1) is 0 Å². The topological polar surface area (TPSA) is 44.1 Å². The Morgan fingerprint density at radius 1 is 1.23 bits per heavy atom. The van der Waals surface area contributed by atoms with E-state index in [0.29, 0.717) is 23.0 Å². The third-order valence-corrected chi connectivity index (χ3v) is 7.23. The van der Waals surface area contributed by atoms with Gasteiger partial charge in [0, 0.05) is 11.6 Å². The molecule has 22 heavy (non-hydrogen) atoms. The zero-order chi connectivity index (χ0) is 15.5. The van der Waals surface area contributed by atoms with E-state index < -0.39 is 0 Å². The van der Waals surface area contributed by atoms with E-state index in [-0.39, 0.29) is 0 Å². The maximum Gasteiger partial charge on any atom is 0.115 e. The molecule has 3 aliphatic carbocycles. The fourth-order valence-electron chi connectivity index (χ4n) is 6.28. The molecule has 0 aliphatic heterocycles. The zero-order valence-electron chi connectivity index (χ0n) is 13.7. The lowest BCUT2D eigenvalue weighted by molar-refractivity contribution is 0.0451. The number of nitrogens with one attached hydrogen (secondary N) is 1. The number of aryl methyl sites for hydroxylation is 1. The summed E-state index contributed by atoms with van der Waals surface area (Å²) in [5, 5.41) is 17.9. The first-order valence-electron chi connectivity index (χ1n) is 8.87. The second-order valence-electron chi connectivity index (χ2n) is 8.16. The highest BCUT2D eigenvalue weighted by atomic mass is 16.3. The van der Waals surface area contributed by atoms with Crippen LogP contribution >= 0.6 is 0 Å². The van der Waals surface area contributed by atoms with E-state index in [1.807, 2.05) is 19.1 Å². The van der Waals surface area contributed by atoms with Crippen LogP contribution in [-0.4, -0.2) is 10.8 Å². The summed E-state index contributed by atoms with van der Waals surface area (Å²) in [4.78, 5) is 0. The first kappa shape index (κ1) is 14.3. The lowest BCUT2D eigenvalue weighted by Crippen LogP contribution is -2.43. The molecule has 0 spiro atoms. The van der Waals surface area contributed by atoms with Crippen molar-refractivity contribution in [3.8, 4) is 5.75 Å². The molecule has 2 N–H and O–H groups in total. The van der Waals surface area contributed by atoms with Crippen LogP contribution in [0.3, 0.4) is 0 Å². The van der Waals surface area contributed by atoms with Crippen molar-refractivity contribution in [3.05, 3.63) is 29.3 Å². The minimum absolute atomic E-state index is 0.363. The summed E-state index contributed by atoms with van der Waals surface area (Å²) >= 11 is 0. The van der Waals surface area contributed by atoms with E-state index in [1.165, 1.54) is 43.2 Å². The van der Waals surface area contributed by atoms with Crippen molar-refractivity contribution < 1.29 is 5.11 Å². The number of hydrogen-bond donors (Lipinski definition) is 2. The second kappa shape index (κ2) is 4.84. The molecule has 5 atom stereocenters. The maximum absolute atomic E-state index is 9.75. The Hall–Kier alpha value is -1.31. The standard InChI is InChI=1S/C20H27NO/c1-12(21)18-7-8-19-17-5-3-13-11-14(22)4-6-15(13)16(17)9-10-20(18,19)2/h4,6,11,16-19,21-22H,3,5,7-10H2,1-2H3. The quantitative estimate of drug-likeness (QED) is 0.711. The van der Waals surface area contributed by atoms with Crippen LogP contribution in [0.4, 0.5) is 0 Å². The average Bonchev–Trinajstić information content (AvgIpc) is 2.84. The van der Waals surface area contributed by atoms with Crippen LogP contribution in [0.25, 0.3) is 0 Å². The van der Waals surface area contributed by atoms with Crippen LogP contribution in [0, 0.1) is 28.6 Å². The minimum atomic E-state index is 0.363. The zero-order valence-corrected chi connectivity index (χ0v) is 13.7. The Labute approximate surface area is 133 Å². The molecular formula is C20H27NO. The number of rotatable bonds is 1. The van der Waals surface area contributed by atoms with E-state index in [4.69, 9.17) is 5.41 Å². The molecular weight excluding hydrogens is 270 g/mol. The molecule has 3 aliphatic rings. The lowest BCUT2D eigenvalue weighted by atomic mass is 9.54. The molecule has 1 aromatic carbocycles. The first-order valence-corrected chi connectivity index (χ1v) is 8.87. The molecule has 0 bridgehead atoms. The Kier molecular flexibility index (Phi) is 3.15. The van der Waals surface area contributed by atoms with Crippen molar-refractivity contribution >= 4 is 5.71 Å². The Balaban J connectivity index is 1.69. The molecule has 0 saturated heterocycles. The highest BCUT2D eigenvalue weighted by Crippen LogP contribution is 2.63. The number of phenols is 1. The Morgan fingerprint density at radius 3 is 2.82 bits per heavy atom. The van der Waals surface area contributed by atoms with Crippen LogP contribution in [0.15, 0.2) is 18.2 Å². The normalized spacial score (nSPS) is 39.7. The van der Waals surface area contributed by atoms with E-state index in [2.05, 4.69) is 13.0 Å². The number of aromatic hydroxyl groups is 1. The summed E-state index contributed by atoms with van der Waals surface area (Å²) in [6, 6.07) is 6.03. The van der Waals surface area contributed by atoms with Crippen LogP contribution in [-0.2, 0) is 6.42 Å². The highest BCUT2D eigenvalue weighted by molar-refractivity contribution is 5.82. The molecule has 2 saturated carbocycles. The SMILES string of the molecule is CC(=N)C1CCC2C3CCc4cc(O)ccc4C3CCC12C. The predicted molar refractivity (Wildman–Crippen MR) is 89.6 cm³/mol. The maximum atomic E-state index is 9.75. The molecule has 5 unspecified atom stereocenters. The van der Waals surface area contributed by atoms with Gasteiger partial charge in [-0.05, 0) is 91.9 Å². The van der Waals surface area contributed by atoms with Gasteiger partial charge >= 0.3 is 0 Å². The summed E-state index contributed by atoms with van der Waals surface area (Å²) < 4.78 is 0. The van der Waals surface area contributed by atoms with Gasteiger partial charge in [-0.25, -0.2) is 0 Å². The molecule has 0 radical (unpaired) electrons. The Morgan fingerprint density at radius 2 is 2.05 bits per heavy atom. The van der Waals surface area contributed by atoms with Crippen molar-refractivity contribution in [2.24, 2.45) is 23.2 Å². The summed E-state index contributed by atoms with van der Waals surface area (Å²) in [6.07, 6.45) is 7.45. The fourth-order valence-corrected chi connectivity index (χ4v) is 6.28. The van der Waals surface area contributed by atoms with E-state index >= 15 is 0 Å². The number of phenolic OH excluding ortho intramolecular Hbond substituents is 1. The van der Waals surface area contributed by atoms with Gasteiger partial charge in [0.25, 0.3) is 0 Å². The smallest absolute Gasteiger partial charge is 0.115 e. The highest BCUT2D eigenvalue weighted by Gasteiger charge is 2.55. The molecule has 118 valence electrons. The minimum Gasteiger partial charge on any atom is -0.508 e. The molecule has 1 aromatic rings. The summed E-state index contributed by atoms with van der Waals surface area (Å²) in [6.45, 7) is 4.49. The van der Waals surface area contributed by atoms with Gasteiger partial charge in [0.15, 0.2) is 0 Å². The lowest BCUT2D eigenvalue weighted by Gasteiger charge is -2.51. The van der Waals surface area contributed by atoms with Crippen molar-refractivity contribution in [1.29, 1.82) is 5.41 Å². The molecule has 0 aromatic heterocycles. The predicted octanol–water partition coefficient (Wildman–Crippen LogP) is 4.90. The third kappa shape index (κ3) is 1.89. The molecule has 0 heterocycles. The van der Waals surface area contributed by atoms with Crippen LogP contribution in [0.2, 0.25) is 0 Å². The van der Waals surface area contributed by atoms with Crippen molar-refractivity contribution in [3.63, 3.8) is 0 Å². The monoisotopic (exact) mass is 297 g/mol. The number of hydrogen-bond acceptors (Lipinski definition) is 2. The van der Waals surface area contributed by atoms with Crippen LogP contribution in [0.5, 0.6) is 5.75 Å². The summed E-state index contributed by atoms with van der Waals surface area (Å²) in [5.74, 6) is 3.20. The van der Waals surface area contributed by atoms with Crippen molar-refractivity contribution in [2.75, 3.05) is 0 Å². The summed E-state index contributed by atoms with van der Waals surface area (Å²) in [7, 11) is 0.